The topological polar surface area (TPSA) is 77.6 Å². The molecule has 6 nitrogen and oxygen atoms in total. The number of pyridine rings is 1. The Bertz CT molecular complexity index is 917. The third-order valence-electron chi connectivity index (χ3n) is 5.83. The van der Waals surface area contributed by atoms with Crippen LogP contribution in [-0.4, -0.2) is 36.3 Å². The first-order chi connectivity index (χ1) is 13.1. The maximum atomic E-state index is 13.0. The number of ether oxygens (including phenoxy) is 1. The average molecular weight is 369 g/mol. The van der Waals surface area contributed by atoms with Gasteiger partial charge in [0, 0.05) is 42.9 Å². The van der Waals surface area contributed by atoms with Gasteiger partial charge in [0.2, 0.25) is 5.43 Å². The lowest BCUT2D eigenvalue weighted by molar-refractivity contribution is 0.0524. The molecule has 2 N–H and O–H groups in total. The molecule has 1 saturated heterocycles. The van der Waals surface area contributed by atoms with Crippen LogP contribution >= 0.6 is 0 Å². The van der Waals surface area contributed by atoms with Crippen molar-refractivity contribution in [3.63, 3.8) is 0 Å². The normalized spacial score (nSPS) is 20.1. The van der Waals surface area contributed by atoms with Gasteiger partial charge in [0.05, 0.1) is 12.1 Å². The van der Waals surface area contributed by atoms with E-state index in [1.807, 2.05) is 12.1 Å². The Hall–Kier alpha value is -2.34. The van der Waals surface area contributed by atoms with Crippen molar-refractivity contribution in [2.45, 2.75) is 45.2 Å². The Morgan fingerprint density at radius 2 is 2.11 bits per heavy atom. The van der Waals surface area contributed by atoms with E-state index in [2.05, 4.69) is 15.5 Å². The summed E-state index contributed by atoms with van der Waals surface area (Å²) in [4.78, 5) is 27.6. The molecule has 0 radical (unpaired) electrons. The fourth-order valence-corrected chi connectivity index (χ4v) is 4.06. The monoisotopic (exact) mass is 369 g/mol. The molecule has 27 heavy (non-hydrogen) atoms. The zero-order chi connectivity index (χ0) is 19.0. The van der Waals surface area contributed by atoms with Crippen LogP contribution in [0.1, 0.15) is 43.0 Å². The first-order valence-electron chi connectivity index (χ1n) is 9.91. The minimum absolute atomic E-state index is 0.124. The fourth-order valence-electron chi connectivity index (χ4n) is 4.06. The highest BCUT2D eigenvalue weighted by Crippen LogP contribution is 2.30. The first-order valence-corrected chi connectivity index (χ1v) is 9.91. The van der Waals surface area contributed by atoms with E-state index >= 15 is 0 Å². The Labute approximate surface area is 158 Å². The molecule has 2 heterocycles. The number of benzene rings is 1. The number of esters is 1. The van der Waals surface area contributed by atoms with Crippen LogP contribution in [0, 0.1) is 5.92 Å². The number of nitrogens with two attached hydrogens (primary N) is 1. The van der Waals surface area contributed by atoms with Gasteiger partial charge in [-0.2, -0.15) is 0 Å². The van der Waals surface area contributed by atoms with Gasteiger partial charge in [-0.1, -0.05) is 6.42 Å². The highest BCUT2D eigenvalue weighted by Gasteiger charge is 2.23. The second-order valence-electron chi connectivity index (χ2n) is 7.74. The van der Waals surface area contributed by atoms with Crippen molar-refractivity contribution >= 4 is 22.6 Å². The lowest BCUT2D eigenvalue weighted by Crippen LogP contribution is -2.27. The number of rotatable bonds is 5. The van der Waals surface area contributed by atoms with E-state index in [9.17, 15) is 9.59 Å². The van der Waals surface area contributed by atoms with E-state index in [4.69, 9.17) is 10.5 Å². The number of fused-ring (bicyclic) bond motifs is 1. The number of aromatic nitrogens is 1. The fraction of sp³-hybridized carbons (Fsp3) is 0.524. The van der Waals surface area contributed by atoms with Crippen molar-refractivity contribution in [2.24, 2.45) is 11.7 Å². The van der Waals surface area contributed by atoms with Crippen LogP contribution in [0.15, 0.2) is 29.2 Å². The number of carbonyl (C=O) groups is 1. The first kappa shape index (κ1) is 18.0. The maximum Gasteiger partial charge on any atom is 0.343 e. The molecule has 2 aliphatic rings. The predicted octanol–water partition coefficient (Wildman–Crippen LogP) is 2.52. The van der Waals surface area contributed by atoms with Crippen molar-refractivity contribution in [1.29, 1.82) is 0 Å². The summed E-state index contributed by atoms with van der Waals surface area (Å²) in [5.74, 6) is 0.0716. The highest BCUT2D eigenvalue weighted by molar-refractivity contribution is 5.94. The van der Waals surface area contributed by atoms with Gasteiger partial charge in [0.1, 0.15) is 5.56 Å². The van der Waals surface area contributed by atoms with E-state index < -0.39 is 5.97 Å². The summed E-state index contributed by atoms with van der Waals surface area (Å²) in [6, 6.07) is 6.14. The summed E-state index contributed by atoms with van der Waals surface area (Å²) >= 11 is 0. The van der Waals surface area contributed by atoms with Gasteiger partial charge in [0.15, 0.2) is 0 Å². The SMILES string of the molecule is CCOC(=O)c1cn(CC2CCC2)c2ccc(N3CCC(N)C3)cc2c1=O. The summed E-state index contributed by atoms with van der Waals surface area (Å²) in [7, 11) is 0. The smallest absolute Gasteiger partial charge is 0.343 e. The van der Waals surface area contributed by atoms with Gasteiger partial charge < -0.3 is 19.9 Å². The lowest BCUT2D eigenvalue weighted by atomic mass is 9.85. The molecule has 1 unspecified atom stereocenters. The molecule has 1 aromatic carbocycles. The van der Waals surface area contributed by atoms with Crippen molar-refractivity contribution in [1.82, 2.24) is 4.57 Å². The maximum absolute atomic E-state index is 13.0. The summed E-state index contributed by atoms with van der Waals surface area (Å²) in [5.41, 5.74) is 7.78. The number of carbonyl (C=O) groups excluding carboxylic acids is 1. The summed E-state index contributed by atoms with van der Waals surface area (Å²) in [6.45, 7) is 4.52. The highest BCUT2D eigenvalue weighted by atomic mass is 16.5. The van der Waals surface area contributed by atoms with Crippen molar-refractivity contribution in [2.75, 3.05) is 24.6 Å². The molecule has 144 valence electrons. The Balaban J connectivity index is 1.81. The summed E-state index contributed by atoms with van der Waals surface area (Å²) in [6.07, 6.45) is 6.30. The van der Waals surface area contributed by atoms with Gasteiger partial charge in [-0.05, 0) is 50.3 Å². The lowest BCUT2D eigenvalue weighted by Gasteiger charge is -2.27. The molecule has 1 atom stereocenters. The number of hydrogen-bond donors (Lipinski definition) is 1. The quantitative estimate of drug-likeness (QED) is 0.820. The number of nitrogens with zero attached hydrogens (tertiary/aromatic N) is 2. The molecule has 2 aromatic rings. The third-order valence-corrected chi connectivity index (χ3v) is 5.83. The van der Waals surface area contributed by atoms with Gasteiger partial charge in [0.25, 0.3) is 0 Å². The molecule has 2 fully saturated rings. The number of anilines is 1. The molecule has 1 aliphatic carbocycles. The Morgan fingerprint density at radius 1 is 1.30 bits per heavy atom. The van der Waals surface area contributed by atoms with Crippen LogP contribution in [0.25, 0.3) is 10.9 Å². The van der Waals surface area contributed by atoms with Gasteiger partial charge in [-0.15, -0.1) is 0 Å². The Morgan fingerprint density at radius 3 is 2.74 bits per heavy atom. The third kappa shape index (κ3) is 3.46. The van der Waals surface area contributed by atoms with Crippen molar-refractivity contribution in [3.05, 3.63) is 40.2 Å². The van der Waals surface area contributed by atoms with Crippen LogP contribution in [-0.2, 0) is 11.3 Å². The van der Waals surface area contributed by atoms with E-state index in [0.29, 0.717) is 11.3 Å². The van der Waals surface area contributed by atoms with Gasteiger partial charge >= 0.3 is 5.97 Å². The second-order valence-corrected chi connectivity index (χ2v) is 7.74. The van der Waals surface area contributed by atoms with E-state index in [1.165, 1.54) is 19.3 Å². The molecular formula is C21H27N3O3. The second kappa shape index (κ2) is 7.35. The molecule has 0 amide bonds. The number of hydrogen-bond acceptors (Lipinski definition) is 5. The molecule has 1 saturated carbocycles. The molecule has 0 spiro atoms. The van der Waals surface area contributed by atoms with Gasteiger partial charge in [-0.3, -0.25) is 4.79 Å². The largest absolute Gasteiger partial charge is 0.462 e. The van der Waals surface area contributed by atoms with Crippen LogP contribution in [0.2, 0.25) is 0 Å². The minimum Gasteiger partial charge on any atom is -0.462 e. The van der Waals surface area contributed by atoms with E-state index in [1.54, 1.807) is 13.1 Å². The Kier molecular flexibility index (Phi) is 4.91. The van der Waals surface area contributed by atoms with Crippen molar-refractivity contribution in [3.8, 4) is 0 Å². The molecular weight excluding hydrogens is 342 g/mol. The summed E-state index contributed by atoms with van der Waals surface area (Å²) < 4.78 is 7.18. The van der Waals surface area contributed by atoms with E-state index in [0.717, 1.165) is 37.3 Å². The summed E-state index contributed by atoms with van der Waals surface area (Å²) in [5, 5.41) is 0.581. The molecule has 0 bridgehead atoms. The molecule has 1 aliphatic heterocycles. The van der Waals surface area contributed by atoms with Crippen LogP contribution < -0.4 is 16.1 Å². The van der Waals surface area contributed by atoms with E-state index in [-0.39, 0.29) is 23.6 Å². The molecule has 4 rings (SSSR count). The average Bonchev–Trinajstić information content (AvgIpc) is 3.06. The molecule has 6 heteroatoms. The van der Waals surface area contributed by atoms with Crippen LogP contribution in [0.5, 0.6) is 0 Å². The van der Waals surface area contributed by atoms with Crippen molar-refractivity contribution < 1.29 is 9.53 Å². The minimum atomic E-state index is -0.541. The van der Waals surface area contributed by atoms with Crippen LogP contribution in [0.4, 0.5) is 5.69 Å². The zero-order valence-corrected chi connectivity index (χ0v) is 15.8. The molecule has 1 aromatic heterocycles. The standard InChI is InChI=1S/C21H27N3O3/c1-2-27-21(26)18-13-24(11-14-4-3-5-14)19-7-6-16(10-17(19)20(18)25)23-9-8-15(22)12-23/h6-7,10,13-15H,2-5,8-9,11-12,22H2,1H3. The zero-order valence-electron chi connectivity index (χ0n) is 15.8. The van der Waals surface area contributed by atoms with Crippen LogP contribution in [0.3, 0.4) is 0 Å². The van der Waals surface area contributed by atoms with Gasteiger partial charge in [-0.25, -0.2) is 4.79 Å². The predicted molar refractivity (Wildman–Crippen MR) is 106 cm³/mol.